The van der Waals surface area contributed by atoms with Crippen molar-refractivity contribution in [1.82, 2.24) is 4.72 Å². The minimum absolute atomic E-state index is 0.153. The second-order valence-electron chi connectivity index (χ2n) is 6.73. The Labute approximate surface area is 164 Å². The van der Waals surface area contributed by atoms with Gasteiger partial charge in [0, 0.05) is 12.8 Å². The molecule has 1 aromatic carbocycles. The molecule has 0 heterocycles. The summed E-state index contributed by atoms with van der Waals surface area (Å²) < 4.78 is 27.8. The van der Waals surface area contributed by atoms with Gasteiger partial charge in [-0.2, -0.15) is 0 Å². The minimum Gasteiger partial charge on any atom is -0.366 e. The Hall–Kier alpha value is -1.79. The summed E-state index contributed by atoms with van der Waals surface area (Å²) in [6.45, 7) is 7.62. The molecule has 0 aromatic heterocycles. The topological polar surface area (TPSA) is 66.4 Å². The van der Waals surface area contributed by atoms with E-state index in [2.05, 4.69) is 42.3 Å². The number of rotatable bonds is 8. The first-order valence-electron chi connectivity index (χ1n) is 9.56. The van der Waals surface area contributed by atoms with Crippen LogP contribution in [0.25, 0.3) is 0 Å². The van der Waals surface area contributed by atoms with E-state index in [9.17, 15) is 13.5 Å². The summed E-state index contributed by atoms with van der Waals surface area (Å²) >= 11 is 0. The summed E-state index contributed by atoms with van der Waals surface area (Å²) in [5.74, 6) is 11.5. The highest BCUT2D eigenvalue weighted by Gasteiger charge is 2.33. The maximum absolute atomic E-state index is 12.6. The quantitative estimate of drug-likeness (QED) is 0.525. The summed E-state index contributed by atoms with van der Waals surface area (Å²) in [4.78, 5) is 0.153. The smallest absolute Gasteiger partial charge is 0.240 e. The molecule has 1 atom stereocenters. The Bertz CT molecular complexity index is 779. The van der Waals surface area contributed by atoms with E-state index in [0.717, 1.165) is 31.2 Å². The van der Waals surface area contributed by atoms with E-state index < -0.39 is 21.7 Å². The summed E-state index contributed by atoms with van der Waals surface area (Å²) in [7, 11) is -3.78. The predicted octanol–water partition coefficient (Wildman–Crippen LogP) is 3.78. The van der Waals surface area contributed by atoms with Crippen LogP contribution in [0.2, 0.25) is 0 Å². The molecule has 148 valence electrons. The summed E-state index contributed by atoms with van der Waals surface area (Å²) in [5, 5.41) is 11.0. The molecule has 5 heteroatoms. The lowest BCUT2D eigenvalue weighted by atomic mass is 9.97. The van der Waals surface area contributed by atoms with Crippen LogP contribution in [0.4, 0.5) is 0 Å². The molecule has 0 saturated heterocycles. The van der Waals surface area contributed by atoms with Crippen molar-refractivity contribution in [2.45, 2.75) is 82.8 Å². The van der Waals surface area contributed by atoms with Crippen LogP contribution in [0, 0.1) is 30.6 Å². The zero-order valence-electron chi connectivity index (χ0n) is 16.8. The van der Waals surface area contributed by atoms with Gasteiger partial charge < -0.3 is 5.11 Å². The number of aryl methyl sites for hydroxylation is 1. The first-order valence-corrected chi connectivity index (χ1v) is 11.0. The van der Waals surface area contributed by atoms with Crippen molar-refractivity contribution in [3.8, 4) is 23.7 Å². The summed E-state index contributed by atoms with van der Waals surface area (Å²) in [5.41, 5.74) is -0.749. The van der Waals surface area contributed by atoms with Gasteiger partial charge in [0.2, 0.25) is 15.6 Å². The lowest BCUT2D eigenvalue weighted by molar-refractivity contribution is 0.131. The third-order valence-electron chi connectivity index (χ3n) is 4.16. The Kier molecular flexibility index (Phi) is 9.60. The van der Waals surface area contributed by atoms with Crippen LogP contribution in [0.15, 0.2) is 29.2 Å². The van der Waals surface area contributed by atoms with Crippen molar-refractivity contribution in [3.63, 3.8) is 0 Å². The van der Waals surface area contributed by atoms with Gasteiger partial charge in [-0.05, 0) is 38.8 Å². The van der Waals surface area contributed by atoms with E-state index in [1.807, 2.05) is 6.92 Å². The average Bonchev–Trinajstić information content (AvgIpc) is 2.62. The molecule has 4 nitrogen and oxygen atoms in total. The molecule has 1 unspecified atom stereocenters. The molecule has 0 saturated carbocycles. The Morgan fingerprint density at radius 3 is 1.96 bits per heavy atom. The number of hydrogen-bond donors (Lipinski definition) is 2. The summed E-state index contributed by atoms with van der Waals surface area (Å²) in [6, 6.07) is 5.69. The van der Waals surface area contributed by atoms with Crippen LogP contribution >= 0.6 is 0 Å². The number of hydrogen-bond acceptors (Lipinski definition) is 3. The predicted molar refractivity (Wildman–Crippen MR) is 111 cm³/mol. The van der Waals surface area contributed by atoms with Crippen LogP contribution in [0.3, 0.4) is 0 Å². The van der Waals surface area contributed by atoms with Crippen LogP contribution in [-0.2, 0) is 10.0 Å². The van der Waals surface area contributed by atoms with Gasteiger partial charge in [0.15, 0.2) is 0 Å². The largest absolute Gasteiger partial charge is 0.366 e. The van der Waals surface area contributed by atoms with E-state index in [1.54, 1.807) is 31.2 Å². The third-order valence-corrected chi connectivity index (χ3v) is 5.72. The lowest BCUT2D eigenvalue weighted by Crippen LogP contribution is -2.49. The molecule has 0 aliphatic carbocycles. The van der Waals surface area contributed by atoms with Crippen molar-refractivity contribution < 1.29 is 13.5 Å². The Balaban J connectivity index is 3.05. The molecule has 0 aliphatic heterocycles. The molecule has 27 heavy (non-hydrogen) atoms. The lowest BCUT2D eigenvalue weighted by Gasteiger charge is -2.25. The molecule has 0 spiro atoms. The highest BCUT2D eigenvalue weighted by Crippen LogP contribution is 2.15. The van der Waals surface area contributed by atoms with Gasteiger partial charge in [0.25, 0.3) is 0 Å². The fourth-order valence-corrected chi connectivity index (χ4v) is 3.54. The molecular formula is C22H31NO3S. The highest BCUT2D eigenvalue weighted by molar-refractivity contribution is 7.89. The van der Waals surface area contributed by atoms with Gasteiger partial charge in [0.05, 0.1) is 10.9 Å². The standard InChI is InChI=1S/C22H31NO3S/c1-5-7-9-11-17-22(24,18-12-10-8-6-2)20(4)23-27(25,26)21-15-13-19(3)14-16-21/h13-16,20,23-24H,5-10H2,1-4H3. The van der Waals surface area contributed by atoms with E-state index in [4.69, 9.17) is 0 Å². The van der Waals surface area contributed by atoms with E-state index in [1.165, 1.54) is 0 Å². The second-order valence-corrected chi connectivity index (χ2v) is 8.45. The molecule has 1 aromatic rings. The second kappa shape index (κ2) is 11.1. The maximum Gasteiger partial charge on any atom is 0.240 e. The SMILES string of the molecule is CCCCC#CC(O)(C#CCCCC)C(C)NS(=O)(=O)c1ccc(C)cc1. The van der Waals surface area contributed by atoms with E-state index in [0.29, 0.717) is 12.8 Å². The molecule has 0 aliphatic rings. The number of sulfonamides is 1. The number of benzene rings is 1. The molecular weight excluding hydrogens is 358 g/mol. The first kappa shape index (κ1) is 23.2. The van der Waals surface area contributed by atoms with E-state index in [-0.39, 0.29) is 4.90 Å². The van der Waals surface area contributed by atoms with Crippen LogP contribution in [0.1, 0.15) is 64.9 Å². The van der Waals surface area contributed by atoms with Crippen LogP contribution in [-0.4, -0.2) is 25.2 Å². The fraction of sp³-hybridized carbons (Fsp3) is 0.545. The molecule has 0 fully saturated rings. The molecule has 0 amide bonds. The van der Waals surface area contributed by atoms with Gasteiger partial charge in [-0.3, -0.25) is 0 Å². The highest BCUT2D eigenvalue weighted by atomic mass is 32.2. The normalized spacial score (nSPS) is 12.5. The van der Waals surface area contributed by atoms with Crippen LogP contribution < -0.4 is 4.72 Å². The van der Waals surface area contributed by atoms with Crippen molar-refractivity contribution in [2.75, 3.05) is 0 Å². The maximum atomic E-state index is 12.6. The van der Waals surface area contributed by atoms with Crippen molar-refractivity contribution in [2.24, 2.45) is 0 Å². The van der Waals surface area contributed by atoms with Crippen LogP contribution in [0.5, 0.6) is 0 Å². The molecule has 2 N–H and O–H groups in total. The van der Waals surface area contributed by atoms with E-state index >= 15 is 0 Å². The Morgan fingerprint density at radius 1 is 1.04 bits per heavy atom. The monoisotopic (exact) mass is 389 g/mol. The summed E-state index contributed by atoms with van der Waals surface area (Å²) in [6.07, 6.45) is 5.15. The van der Waals surface area contributed by atoms with Crippen molar-refractivity contribution >= 4 is 10.0 Å². The molecule has 1 rings (SSSR count). The van der Waals surface area contributed by atoms with Gasteiger partial charge in [0.1, 0.15) is 0 Å². The number of nitrogens with one attached hydrogen (secondary N) is 1. The zero-order chi connectivity index (χ0) is 20.3. The molecule has 0 radical (unpaired) electrons. The fourth-order valence-electron chi connectivity index (χ4n) is 2.28. The van der Waals surface area contributed by atoms with Gasteiger partial charge in [-0.25, -0.2) is 13.1 Å². The van der Waals surface area contributed by atoms with Gasteiger partial charge in [-0.1, -0.05) is 68.1 Å². The molecule has 0 bridgehead atoms. The minimum atomic E-state index is -3.78. The van der Waals surface area contributed by atoms with Crippen molar-refractivity contribution in [3.05, 3.63) is 29.8 Å². The zero-order valence-corrected chi connectivity index (χ0v) is 17.6. The Morgan fingerprint density at radius 2 is 1.52 bits per heavy atom. The third kappa shape index (κ3) is 7.77. The number of aliphatic hydroxyl groups is 1. The van der Waals surface area contributed by atoms with Gasteiger partial charge >= 0.3 is 0 Å². The number of unbranched alkanes of at least 4 members (excludes halogenated alkanes) is 4. The van der Waals surface area contributed by atoms with Crippen molar-refractivity contribution in [1.29, 1.82) is 0 Å². The van der Waals surface area contributed by atoms with Gasteiger partial charge in [-0.15, -0.1) is 0 Å². The first-order chi connectivity index (χ1) is 12.7. The average molecular weight is 390 g/mol.